The fraction of sp³-hybridized carbons (Fsp3) is 0.0392. The minimum Gasteiger partial charge on any atom is -0.423 e. The maximum absolute atomic E-state index is 9.35. The Labute approximate surface area is 321 Å². The summed E-state index contributed by atoms with van der Waals surface area (Å²) in [5.74, 6) is 0.458. The highest BCUT2D eigenvalue weighted by Gasteiger charge is 2.31. The Morgan fingerprint density at radius 2 is 0.927 bits per heavy atom. The number of benzene rings is 8. The molecule has 2 aliphatic rings. The van der Waals surface area contributed by atoms with Gasteiger partial charge in [0.1, 0.15) is 8.07 Å². The number of oxazole rings is 1. The van der Waals surface area contributed by atoms with Gasteiger partial charge in [0.05, 0.1) is 16.6 Å². The molecule has 0 saturated carbocycles. The average molecular weight is 722 g/mol. The van der Waals surface area contributed by atoms with Gasteiger partial charge in [-0.1, -0.05) is 170 Å². The van der Waals surface area contributed by atoms with Gasteiger partial charge in [-0.15, -0.1) is 0 Å². The SMILES string of the molecule is [2H]C([2H])([2H])[Si](C)(c1ccc2c(c1)c1cccc3c1-c1c(cccc1c1ccccc12)c1ccccc1c1ccccc31)c1cccc2c1oc1nc3ccccc3n12. The van der Waals surface area contributed by atoms with Crippen LogP contribution in [0.3, 0.4) is 0 Å². The molecular weight excluding hydrogens is 685 g/mol. The third-order valence-electron chi connectivity index (χ3n) is 12.0. The number of nitrogens with zero attached hydrogens (tertiary/aromatic N) is 2. The summed E-state index contributed by atoms with van der Waals surface area (Å²) in [5, 5.41) is 15.2. The molecule has 1 atom stereocenters. The van der Waals surface area contributed by atoms with Crippen LogP contribution in [0.5, 0.6) is 0 Å². The number of para-hydroxylation sites is 3. The predicted octanol–water partition coefficient (Wildman–Crippen LogP) is 12.6. The average Bonchev–Trinajstić information content (AvgIpc) is 3.80. The van der Waals surface area contributed by atoms with Crippen LogP contribution in [-0.2, 0) is 0 Å². The van der Waals surface area contributed by atoms with Gasteiger partial charge in [0.2, 0.25) is 0 Å². The van der Waals surface area contributed by atoms with E-state index >= 15 is 0 Å². The van der Waals surface area contributed by atoms with Gasteiger partial charge < -0.3 is 4.42 Å². The van der Waals surface area contributed by atoms with Crippen molar-refractivity contribution in [3.63, 3.8) is 0 Å². The second-order valence-corrected chi connectivity index (χ2v) is 18.3. The summed E-state index contributed by atoms with van der Waals surface area (Å²) in [6.45, 7) is -0.340. The molecule has 0 spiro atoms. The predicted molar refractivity (Wildman–Crippen MR) is 236 cm³/mol. The van der Waals surface area contributed by atoms with Crippen LogP contribution in [0.25, 0.3) is 104 Å². The van der Waals surface area contributed by atoms with Gasteiger partial charge >= 0.3 is 5.84 Å². The fourth-order valence-electron chi connectivity index (χ4n) is 9.47. The zero-order chi connectivity index (χ0) is 38.9. The summed E-state index contributed by atoms with van der Waals surface area (Å²) >= 11 is 0. The lowest BCUT2D eigenvalue weighted by Crippen LogP contribution is -2.53. The van der Waals surface area contributed by atoms with Gasteiger partial charge in [0, 0.05) is 4.11 Å². The van der Waals surface area contributed by atoms with Crippen LogP contribution >= 0.6 is 0 Å². The molecule has 55 heavy (non-hydrogen) atoms. The smallest absolute Gasteiger partial charge is 0.307 e. The fourth-order valence-corrected chi connectivity index (χ4v) is 11.7. The molecule has 0 fully saturated rings. The third kappa shape index (κ3) is 4.17. The molecule has 4 heteroatoms. The topological polar surface area (TPSA) is 30.4 Å². The summed E-state index contributed by atoms with van der Waals surface area (Å²) in [5.41, 5.74) is 5.50. The Morgan fingerprint density at radius 1 is 0.473 bits per heavy atom. The van der Waals surface area contributed by atoms with Gasteiger partial charge in [0.25, 0.3) is 0 Å². The number of aromatic nitrogens is 2. The number of hydrogen-bond acceptors (Lipinski definition) is 2. The molecule has 3 nitrogen and oxygen atoms in total. The highest BCUT2D eigenvalue weighted by molar-refractivity contribution is 7.01. The number of rotatable bonds is 2. The van der Waals surface area contributed by atoms with Crippen molar-refractivity contribution >= 4 is 111 Å². The summed E-state index contributed by atoms with van der Waals surface area (Å²) in [7, 11) is -3.61. The third-order valence-corrected chi connectivity index (χ3v) is 14.9. The second-order valence-electron chi connectivity index (χ2n) is 15.0. The lowest BCUT2D eigenvalue weighted by molar-refractivity contribution is 0.645. The van der Waals surface area contributed by atoms with Crippen molar-refractivity contribution < 1.29 is 8.53 Å². The molecule has 1 unspecified atom stereocenters. The van der Waals surface area contributed by atoms with Crippen molar-refractivity contribution in [2.24, 2.45) is 0 Å². The van der Waals surface area contributed by atoms with E-state index in [1.807, 2.05) is 53.4 Å². The molecule has 8 aromatic carbocycles. The van der Waals surface area contributed by atoms with Gasteiger partial charge in [-0.3, -0.25) is 4.40 Å². The van der Waals surface area contributed by atoms with Crippen LogP contribution < -0.4 is 10.4 Å². The molecule has 0 aliphatic heterocycles. The van der Waals surface area contributed by atoms with Crippen LogP contribution in [0.1, 0.15) is 4.11 Å². The van der Waals surface area contributed by atoms with Crippen molar-refractivity contribution in [3.05, 3.63) is 170 Å². The van der Waals surface area contributed by atoms with E-state index in [9.17, 15) is 4.11 Å². The van der Waals surface area contributed by atoms with Crippen LogP contribution in [-0.4, -0.2) is 17.5 Å². The highest BCUT2D eigenvalue weighted by Crippen LogP contribution is 2.47. The molecule has 10 aromatic rings. The quantitative estimate of drug-likeness (QED) is 0.166. The van der Waals surface area contributed by atoms with Crippen LogP contribution in [0.2, 0.25) is 13.0 Å². The van der Waals surface area contributed by atoms with E-state index in [1.54, 1.807) is 0 Å². The summed E-state index contributed by atoms with van der Waals surface area (Å²) < 4.78 is 36.6. The van der Waals surface area contributed by atoms with E-state index in [0.29, 0.717) is 11.4 Å². The van der Waals surface area contributed by atoms with Crippen LogP contribution in [0.15, 0.2) is 174 Å². The molecular formula is C51H34N2OSi. The van der Waals surface area contributed by atoms with E-state index in [4.69, 9.17) is 9.40 Å². The maximum Gasteiger partial charge on any atom is 0.307 e. The van der Waals surface area contributed by atoms with Crippen molar-refractivity contribution in [1.82, 2.24) is 9.38 Å². The number of fused-ring (bicyclic) bond motifs is 15. The summed E-state index contributed by atoms with van der Waals surface area (Å²) in [4.78, 5) is 4.79. The minimum atomic E-state index is -3.61. The molecule has 2 aliphatic carbocycles. The monoisotopic (exact) mass is 721 g/mol. The first kappa shape index (κ1) is 27.8. The Morgan fingerprint density at radius 3 is 1.51 bits per heavy atom. The van der Waals surface area contributed by atoms with Gasteiger partial charge in [0.15, 0.2) is 5.58 Å². The Bertz CT molecular complexity index is 3710. The van der Waals surface area contributed by atoms with Gasteiger partial charge in [-0.05, 0) is 99.1 Å². The largest absolute Gasteiger partial charge is 0.423 e. The van der Waals surface area contributed by atoms with Crippen molar-refractivity contribution in [1.29, 1.82) is 0 Å². The summed E-state index contributed by atoms with van der Waals surface area (Å²) in [6, 6.07) is 59.8. The Balaban J connectivity index is 1.28. The maximum atomic E-state index is 9.35. The molecule has 2 aromatic heterocycles. The second kappa shape index (κ2) is 11.1. The molecule has 0 saturated heterocycles. The molecule has 0 radical (unpaired) electrons. The van der Waals surface area contributed by atoms with Crippen molar-refractivity contribution in [2.45, 2.75) is 13.0 Å². The molecule has 2 heterocycles. The number of imidazole rings is 1. The molecule has 258 valence electrons. The molecule has 12 rings (SSSR count). The van der Waals surface area contributed by atoms with E-state index in [-0.39, 0.29) is 0 Å². The summed E-state index contributed by atoms with van der Waals surface area (Å²) in [6.07, 6.45) is 0. The molecule has 0 N–H and O–H groups in total. The zero-order valence-electron chi connectivity index (χ0n) is 33.0. The van der Waals surface area contributed by atoms with E-state index in [0.717, 1.165) is 64.8 Å². The number of hydrogen-bond donors (Lipinski definition) is 0. The standard InChI is InChI=1S/C51H34N2OSi/c1-55(2,47-27-13-26-46-50(47)54-51-52-44-24-9-10-25-45(44)53(46)51)31-28-29-38-34-16-5-8-19-37(34)40-21-11-20-39-35-17-6-3-14-32(35)33-15-4-7-18-36(33)41-22-12-23-42(43(38)30-31)49(41)48(39)40/h3-30H,1-2H3/i1D3. The van der Waals surface area contributed by atoms with Crippen LogP contribution in [0, 0.1) is 0 Å². The molecule has 0 amide bonds. The lowest BCUT2D eigenvalue weighted by Gasteiger charge is -2.25. The van der Waals surface area contributed by atoms with Gasteiger partial charge in [-0.25, -0.2) is 0 Å². The lowest BCUT2D eigenvalue weighted by atomic mass is 9.84. The van der Waals surface area contributed by atoms with Crippen LogP contribution in [0.4, 0.5) is 0 Å². The van der Waals surface area contributed by atoms with E-state index in [2.05, 4.69) is 127 Å². The van der Waals surface area contributed by atoms with Gasteiger partial charge in [-0.2, -0.15) is 4.98 Å². The Kier molecular flexibility index (Phi) is 5.63. The minimum absolute atomic E-state index is 0.458. The Hall–Kier alpha value is -6.75. The first-order chi connectivity index (χ1) is 28.3. The highest BCUT2D eigenvalue weighted by atomic mass is 28.3. The molecule has 0 bridgehead atoms. The first-order valence-corrected chi connectivity index (χ1v) is 21.3. The zero-order valence-corrected chi connectivity index (χ0v) is 31.0. The normalized spacial score (nSPS) is 14.5. The first-order valence-electron chi connectivity index (χ1n) is 20.3. The van der Waals surface area contributed by atoms with E-state index in [1.165, 1.54) is 37.9 Å². The van der Waals surface area contributed by atoms with Crippen molar-refractivity contribution in [2.75, 3.05) is 0 Å². The van der Waals surface area contributed by atoms with E-state index < -0.39 is 14.5 Å². The van der Waals surface area contributed by atoms with Crippen molar-refractivity contribution in [3.8, 4) is 11.1 Å².